The maximum atomic E-state index is 11.5. The van der Waals surface area contributed by atoms with E-state index in [-0.39, 0.29) is 0 Å². The van der Waals surface area contributed by atoms with E-state index in [4.69, 9.17) is 0 Å². The van der Waals surface area contributed by atoms with Crippen molar-refractivity contribution in [3.8, 4) is 10.6 Å². The van der Waals surface area contributed by atoms with Gasteiger partial charge < -0.3 is 5.11 Å². The van der Waals surface area contributed by atoms with E-state index in [0.717, 1.165) is 14.7 Å². The van der Waals surface area contributed by atoms with E-state index < -0.39 is 6.09 Å². The van der Waals surface area contributed by atoms with Crippen LogP contribution in [0.1, 0.15) is 0 Å². The highest BCUT2D eigenvalue weighted by molar-refractivity contribution is 9.10. The fourth-order valence-corrected chi connectivity index (χ4v) is 3.47. The Morgan fingerprint density at radius 3 is 2.83 bits per heavy atom. The van der Waals surface area contributed by atoms with Crippen LogP contribution in [0.2, 0.25) is 0 Å². The van der Waals surface area contributed by atoms with Gasteiger partial charge >= 0.3 is 6.09 Å². The molecule has 0 saturated carbocycles. The van der Waals surface area contributed by atoms with Crippen molar-refractivity contribution in [2.45, 2.75) is 0 Å². The zero-order valence-electron chi connectivity index (χ0n) is 9.00. The lowest BCUT2D eigenvalue weighted by Crippen LogP contribution is -2.08. The van der Waals surface area contributed by atoms with Crippen LogP contribution in [0, 0.1) is 0 Å². The summed E-state index contributed by atoms with van der Waals surface area (Å²) < 4.78 is 2.07. The van der Waals surface area contributed by atoms with Gasteiger partial charge in [0.15, 0.2) is 0 Å². The molecule has 0 spiro atoms. The molecule has 2 heterocycles. The molecule has 2 aromatic heterocycles. The lowest BCUT2D eigenvalue weighted by molar-refractivity contribution is 0.198. The summed E-state index contributed by atoms with van der Waals surface area (Å²) in [6, 6.07) is 7.39. The van der Waals surface area contributed by atoms with Gasteiger partial charge in [0, 0.05) is 11.6 Å². The van der Waals surface area contributed by atoms with Gasteiger partial charge in [-0.1, -0.05) is 18.2 Å². The van der Waals surface area contributed by atoms with E-state index in [1.54, 1.807) is 17.8 Å². The minimum Gasteiger partial charge on any atom is -0.464 e. The highest BCUT2D eigenvalue weighted by atomic mass is 79.9. The molecule has 1 N–H and O–H groups in total. The number of thiazole rings is 1. The van der Waals surface area contributed by atoms with Crippen LogP contribution >= 0.6 is 27.3 Å². The fourth-order valence-electron chi connectivity index (χ4n) is 1.95. The molecule has 18 heavy (non-hydrogen) atoms. The van der Waals surface area contributed by atoms with Crippen LogP contribution in [0.5, 0.6) is 0 Å². The lowest BCUT2D eigenvalue weighted by Gasteiger charge is -2.02. The third kappa shape index (κ3) is 1.57. The van der Waals surface area contributed by atoms with Crippen LogP contribution < -0.4 is 0 Å². The third-order valence-electron chi connectivity index (χ3n) is 2.67. The van der Waals surface area contributed by atoms with Gasteiger partial charge in [0.05, 0.1) is 26.1 Å². The summed E-state index contributed by atoms with van der Waals surface area (Å²) in [7, 11) is 0. The minimum absolute atomic E-state index is 0.631. The molecule has 6 heteroatoms. The Labute approximate surface area is 115 Å². The summed E-state index contributed by atoms with van der Waals surface area (Å²) in [4.78, 5) is 16.3. The average molecular weight is 323 g/mol. The van der Waals surface area contributed by atoms with Crippen molar-refractivity contribution in [3.05, 3.63) is 40.4 Å². The summed E-state index contributed by atoms with van der Waals surface area (Å²) in [6.45, 7) is 0. The molecular weight excluding hydrogens is 316 g/mol. The van der Waals surface area contributed by atoms with E-state index in [9.17, 15) is 9.90 Å². The van der Waals surface area contributed by atoms with Crippen molar-refractivity contribution in [2.24, 2.45) is 0 Å². The normalized spacial score (nSPS) is 10.9. The van der Waals surface area contributed by atoms with Crippen molar-refractivity contribution in [3.63, 3.8) is 0 Å². The maximum Gasteiger partial charge on any atom is 0.416 e. The van der Waals surface area contributed by atoms with Gasteiger partial charge in [0.25, 0.3) is 0 Å². The topological polar surface area (TPSA) is 55.1 Å². The molecule has 3 aromatic rings. The van der Waals surface area contributed by atoms with Crippen LogP contribution in [0.4, 0.5) is 4.79 Å². The molecule has 0 aliphatic carbocycles. The molecule has 0 bridgehead atoms. The van der Waals surface area contributed by atoms with Gasteiger partial charge in [-0.15, -0.1) is 11.3 Å². The number of rotatable bonds is 1. The van der Waals surface area contributed by atoms with E-state index in [1.165, 1.54) is 15.9 Å². The second-order valence-electron chi connectivity index (χ2n) is 3.66. The summed E-state index contributed by atoms with van der Waals surface area (Å²) in [5, 5.41) is 10.3. The monoisotopic (exact) mass is 322 g/mol. The Balaban J connectivity index is 2.47. The van der Waals surface area contributed by atoms with E-state index in [1.807, 2.05) is 18.2 Å². The van der Waals surface area contributed by atoms with Crippen molar-refractivity contribution >= 4 is 44.3 Å². The molecule has 0 saturated heterocycles. The van der Waals surface area contributed by atoms with Crippen LogP contribution in [-0.2, 0) is 0 Å². The highest BCUT2D eigenvalue weighted by Crippen LogP contribution is 2.38. The number of benzene rings is 1. The molecule has 0 aliphatic heterocycles. The average Bonchev–Trinajstić information content (AvgIpc) is 2.96. The van der Waals surface area contributed by atoms with Crippen molar-refractivity contribution in [2.75, 3.05) is 0 Å². The van der Waals surface area contributed by atoms with Gasteiger partial charge in [-0.05, 0) is 22.0 Å². The molecule has 0 aliphatic rings. The second-order valence-corrected chi connectivity index (χ2v) is 5.34. The summed E-state index contributed by atoms with van der Waals surface area (Å²) in [6.07, 6.45) is 0.670. The molecule has 1 aromatic carbocycles. The van der Waals surface area contributed by atoms with Gasteiger partial charge in [-0.25, -0.2) is 9.36 Å². The first-order valence-corrected chi connectivity index (χ1v) is 6.78. The van der Waals surface area contributed by atoms with Crippen molar-refractivity contribution < 1.29 is 9.90 Å². The number of hydrogen-bond donors (Lipinski definition) is 1. The van der Waals surface area contributed by atoms with Crippen molar-refractivity contribution in [1.29, 1.82) is 0 Å². The smallest absolute Gasteiger partial charge is 0.416 e. The first-order chi connectivity index (χ1) is 8.70. The molecule has 0 fully saturated rings. The number of halogens is 1. The Hall–Kier alpha value is -1.66. The van der Waals surface area contributed by atoms with E-state index in [2.05, 4.69) is 20.9 Å². The second kappa shape index (κ2) is 4.22. The van der Waals surface area contributed by atoms with Crippen LogP contribution in [0.25, 0.3) is 21.5 Å². The molecule has 0 amide bonds. The molecule has 0 unspecified atom stereocenters. The SMILES string of the molecule is O=C(O)n1c(-c2cncs2)c(Br)c2ccccc21. The summed E-state index contributed by atoms with van der Waals surface area (Å²) in [5.41, 5.74) is 2.98. The zero-order chi connectivity index (χ0) is 12.7. The van der Waals surface area contributed by atoms with E-state index >= 15 is 0 Å². The number of para-hydroxylation sites is 1. The number of hydrogen-bond acceptors (Lipinski definition) is 3. The molecular formula is C12H7BrN2O2S. The lowest BCUT2D eigenvalue weighted by atomic mass is 10.2. The maximum absolute atomic E-state index is 11.5. The molecule has 90 valence electrons. The summed E-state index contributed by atoms with van der Waals surface area (Å²) >= 11 is 4.90. The molecule has 0 radical (unpaired) electrons. The fraction of sp³-hybridized carbons (Fsp3) is 0. The van der Waals surface area contributed by atoms with Gasteiger partial charge in [-0.2, -0.15) is 0 Å². The number of carboxylic acid groups (broad SMARTS) is 1. The van der Waals surface area contributed by atoms with Gasteiger partial charge in [0.2, 0.25) is 0 Å². The first kappa shape index (κ1) is 11.4. The van der Waals surface area contributed by atoms with Crippen molar-refractivity contribution in [1.82, 2.24) is 9.55 Å². The van der Waals surface area contributed by atoms with Crippen LogP contribution in [-0.4, -0.2) is 20.8 Å². The predicted octanol–water partition coefficient (Wildman–Crippen LogP) is 4.05. The first-order valence-electron chi connectivity index (χ1n) is 5.11. The minimum atomic E-state index is -1.000. The number of fused-ring (bicyclic) bond motifs is 1. The third-order valence-corrected chi connectivity index (χ3v) is 4.25. The number of aromatic nitrogens is 2. The zero-order valence-corrected chi connectivity index (χ0v) is 11.4. The van der Waals surface area contributed by atoms with Crippen LogP contribution in [0.3, 0.4) is 0 Å². The number of nitrogens with zero attached hydrogens (tertiary/aromatic N) is 2. The van der Waals surface area contributed by atoms with Gasteiger partial charge in [-0.3, -0.25) is 4.98 Å². The Bertz CT molecular complexity index is 734. The highest BCUT2D eigenvalue weighted by Gasteiger charge is 2.21. The Morgan fingerprint density at radius 1 is 1.39 bits per heavy atom. The van der Waals surface area contributed by atoms with E-state index in [0.29, 0.717) is 11.2 Å². The van der Waals surface area contributed by atoms with Crippen LogP contribution in [0.15, 0.2) is 40.4 Å². The van der Waals surface area contributed by atoms with Gasteiger partial charge in [0.1, 0.15) is 0 Å². The molecule has 3 rings (SSSR count). The summed E-state index contributed by atoms with van der Waals surface area (Å²) in [5.74, 6) is 0. The Morgan fingerprint density at radius 2 is 2.17 bits per heavy atom. The standard InChI is InChI=1S/C12H7BrN2O2S/c13-10-7-3-1-2-4-8(7)15(12(16)17)11(10)9-5-14-6-18-9/h1-6H,(H,16,17). The molecule has 0 atom stereocenters. The molecule has 4 nitrogen and oxygen atoms in total. The largest absolute Gasteiger partial charge is 0.464 e. The Kier molecular flexibility index (Phi) is 2.68. The predicted molar refractivity (Wildman–Crippen MR) is 74.2 cm³/mol. The number of carbonyl (C=O) groups is 1. The quantitative estimate of drug-likeness (QED) is 0.735.